The smallest absolute Gasteiger partial charge is 0.230 e. The quantitative estimate of drug-likeness (QED) is 0.886. The third-order valence-corrected chi connectivity index (χ3v) is 6.26. The molecule has 0 unspecified atom stereocenters. The van der Waals surface area contributed by atoms with Crippen LogP contribution in [0.4, 0.5) is 0 Å². The van der Waals surface area contributed by atoms with E-state index in [1.54, 1.807) is 7.11 Å². The Morgan fingerprint density at radius 3 is 2.19 bits per heavy atom. The van der Waals surface area contributed by atoms with Gasteiger partial charge in [-0.1, -0.05) is 54.6 Å². The van der Waals surface area contributed by atoms with Crippen molar-refractivity contribution in [1.29, 1.82) is 0 Å². The maximum Gasteiger partial charge on any atom is 0.230 e. The molecule has 0 saturated carbocycles. The monoisotopic (exact) mass is 365 g/mol. The molecule has 1 saturated heterocycles. The predicted octanol–water partition coefficient (Wildman–Crippen LogP) is 3.04. The normalized spacial score (nSPS) is 20.0. The standard InChI is InChI=1S/C23H27NO3/c1-26-22(15-18-7-5-6-8-19(18)16-22)17-24-21(25)23(11-13-27-14-12-23)20-9-3-2-4-10-20/h2-10H,11-17H2,1H3,(H,24,25). The Hall–Kier alpha value is -2.17. The van der Waals surface area contributed by atoms with Crippen molar-refractivity contribution in [3.05, 3.63) is 71.3 Å². The molecule has 2 aromatic carbocycles. The number of rotatable bonds is 5. The minimum Gasteiger partial charge on any atom is -0.381 e. The van der Waals surface area contributed by atoms with Crippen LogP contribution in [-0.2, 0) is 32.5 Å². The first-order chi connectivity index (χ1) is 13.2. The van der Waals surface area contributed by atoms with Gasteiger partial charge >= 0.3 is 0 Å². The number of fused-ring (bicyclic) bond motifs is 1. The van der Waals surface area contributed by atoms with Gasteiger partial charge in [0.15, 0.2) is 0 Å². The van der Waals surface area contributed by atoms with Crippen molar-refractivity contribution >= 4 is 5.91 Å². The second-order valence-electron chi connectivity index (χ2n) is 7.75. The van der Waals surface area contributed by atoms with E-state index in [1.807, 2.05) is 18.2 Å². The Morgan fingerprint density at radius 2 is 1.59 bits per heavy atom. The number of ether oxygens (including phenoxy) is 2. The fraction of sp³-hybridized carbons (Fsp3) is 0.435. The van der Waals surface area contributed by atoms with E-state index in [-0.39, 0.29) is 11.5 Å². The molecule has 4 rings (SSSR count). The van der Waals surface area contributed by atoms with Gasteiger partial charge < -0.3 is 14.8 Å². The maximum absolute atomic E-state index is 13.4. The third-order valence-electron chi connectivity index (χ3n) is 6.26. The highest BCUT2D eigenvalue weighted by atomic mass is 16.5. The van der Waals surface area contributed by atoms with Gasteiger partial charge in [-0.2, -0.15) is 0 Å². The van der Waals surface area contributed by atoms with Crippen molar-refractivity contribution < 1.29 is 14.3 Å². The second-order valence-corrected chi connectivity index (χ2v) is 7.75. The summed E-state index contributed by atoms with van der Waals surface area (Å²) < 4.78 is 11.5. The lowest BCUT2D eigenvalue weighted by molar-refractivity contribution is -0.132. The summed E-state index contributed by atoms with van der Waals surface area (Å²) in [5.74, 6) is 0.0874. The fourth-order valence-electron chi connectivity index (χ4n) is 4.54. The summed E-state index contributed by atoms with van der Waals surface area (Å²) in [4.78, 5) is 13.4. The topological polar surface area (TPSA) is 47.6 Å². The van der Waals surface area contributed by atoms with Crippen LogP contribution in [0, 0.1) is 0 Å². The first kappa shape index (κ1) is 18.2. The molecule has 0 spiro atoms. The second kappa shape index (κ2) is 7.45. The Morgan fingerprint density at radius 1 is 1.00 bits per heavy atom. The number of nitrogens with one attached hydrogen (secondary N) is 1. The van der Waals surface area contributed by atoms with Gasteiger partial charge in [0.25, 0.3) is 0 Å². The molecular weight excluding hydrogens is 338 g/mol. The van der Waals surface area contributed by atoms with Crippen LogP contribution in [0.15, 0.2) is 54.6 Å². The van der Waals surface area contributed by atoms with Crippen LogP contribution in [0.1, 0.15) is 29.5 Å². The number of amides is 1. The molecule has 2 aliphatic rings. The molecule has 1 aliphatic heterocycles. The maximum atomic E-state index is 13.4. The number of hydrogen-bond acceptors (Lipinski definition) is 3. The van der Waals surface area contributed by atoms with Crippen LogP contribution in [0.3, 0.4) is 0 Å². The Balaban J connectivity index is 1.52. The highest BCUT2D eigenvalue weighted by molar-refractivity contribution is 5.88. The van der Waals surface area contributed by atoms with Crippen molar-refractivity contribution in [3.8, 4) is 0 Å². The SMILES string of the molecule is COC1(CNC(=O)C2(c3ccccc3)CCOCC2)Cc2ccccc2C1. The fourth-order valence-corrected chi connectivity index (χ4v) is 4.54. The van der Waals surface area contributed by atoms with Crippen molar-refractivity contribution in [1.82, 2.24) is 5.32 Å². The number of benzene rings is 2. The molecule has 4 heteroatoms. The average Bonchev–Trinajstić information content (AvgIpc) is 3.12. The number of carbonyl (C=O) groups excluding carboxylic acids is 1. The lowest BCUT2D eigenvalue weighted by Crippen LogP contribution is -2.53. The number of methoxy groups -OCH3 is 1. The van der Waals surface area contributed by atoms with Gasteiger partial charge in [0.1, 0.15) is 0 Å². The molecular formula is C23H27NO3. The molecule has 2 aromatic rings. The van der Waals surface area contributed by atoms with Gasteiger partial charge in [-0.25, -0.2) is 0 Å². The lowest BCUT2D eigenvalue weighted by Gasteiger charge is -2.37. The van der Waals surface area contributed by atoms with Crippen LogP contribution in [0.25, 0.3) is 0 Å². The van der Waals surface area contributed by atoms with Gasteiger partial charge in [0.2, 0.25) is 5.91 Å². The lowest BCUT2D eigenvalue weighted by atomic mass is 9.73. The Kier molecular flexibility index (Phi) is 5.02. The third kappa shape index (κ3) is 3.40. The number of hydrogen-bond donors (Lipinski definition) is 1. The van der Waals surface area contributed by atoms with E-state index in [0.717, 1.165) is 18.4 Å². The minimum atomic E-state index is -0.514. The summed E-state index contributed by atoms with van der Waals surface area (Å²) in [6.45, 7) is 1.75. The van der Waals surface area contributed by atoms with Gasteiger partial charge in [-0.05, 0) is 29.5 Å². The summed E-state index contributed by atoms with van der Waals surface area (Å²) in [6, 6.07) is 18.6. The first-order valence-electron chi connectivity index (χ1n) is 9.71. The molecule has 1 N–H and O–H groups in total. The van der Waals surface area contributed by atoms with E-state index in [1.165, 1.54) is 11.1 Å². The molecule has 1 fully saturated rings. The van der Waals surface area contributed by atoms with Crippen LogP contribution < -0.4 is 5.32 Å². The van der Waals surface area contributed by atoms with E-state index < -0.39 is 5.41 Å². The number of carbonyl (C=O) groups is 1. The van der Waals surface area contributed by atoms with Crippen LogP contribution in [0.5, 0.6) is 0 Å². The molecule has 142 valence electrons. The van der Waals surface area contributed by atoms with Crippen LogP contribution in [-0.4, -0.2) is 38.4 Å². The first-order valence-corrected chi connectivity index (χ1v) is 9.71. The van der Waals surface area contributed by atoms with E-state index >= 15 is 0 Å². The molecule has 1 aliphatic carbocycles. The van der Waals surface area contributed by atoms with Gasteiger partial charge in [-0.3, -0.25) is 4.79 Å². The molecule has 0 radical (unpaired) electrons. The molecule has 0 atom stereocenters. The molecule has 4 nitrogen and oxygen atoms in total. The predicted molar refractivity (Wildman–Crippen MR) is 105 cm³/mol. The zero-order valence-corrected chi connectivity index (χ0v) is 15.9. The summed E-state index contributed by atoms with van der Waals surface area (Å²) in [5.41, 5.74) is 2.84. The Labute approximate surface area is 160 Å². The highest BCUT2D eigenvalue weighted by Gasteiger charge is 2.44. The summed E-state index contributed by atoms with van der Waals surface area (Å²) >= 11 is 0. The Bertz CT molecular complexity index is 771. The molecule has 27 heavy (non-hydrogen) atoms. The molecule has 1 amide bonds. The zero-order valence-electron chi connectivity index (χ0n) is 15.9. The zero-order chi connectivity index (χ0) is 18.7. The molecule has 0 aromatic heterocycles. The molecule has 1 heterocycles. The summed E-state index contributed by atoms with van der Waals surface area (Å²) in [6.07, 6.45) is 3.09. The minimum absolute atomic E-state index is 0.0874. The van der Waals surface area contributed by atoms with Gasteiger partial charge in [-0.15, -0.1) is 0 Å². The van der Waals surface area contributed by atoms with Crippen molar-refractivity contribution in [2.45, 2.75) is 36.7 Å². The van der Waals surface area contributed by atoms with E-state index in [4.69, 9.17) is 9.47 Å². The van der Waals surface area contributed by atoms with E-state index in [0.29, 0.717) is 32.6 Å². The van der Waals surface area contributed by atoms with Gasteiger partial charge in [0.05, 0.1) is 11.0 Å². The molecule has 0 bridgehead atoms. The summed E-state index contributed by atoms with van der Waals surface area (Å²) in [5, 5.41) is 3.24. The highest BCUT2D eigenvalue weighted by Crippen LogP contribution is 2.36. The largest absolute Gasteiger partial charge is 0.381 e. The van der Waals surface area contributed by atoms with Crippen molar-refractivity contribution in [3.63, 3.8) is 0 Å². The van der Waals surface area contributed by atoms with Crippen LogP contribution >= 0.6 is 0 Å². The van der Waals surface area contributed by atoms with Crippen LogP contribution in [0.2, 0.25) is 0 Å². The van der Waals surface area contributed by atoms with E-state index in [2.05, 4.69) is 41.7 Å². The van der Waals surface area contributed by atoms with Crippen molar-refractivity contribution in [2.75, 3.05) is 26.9 Å². The van der Waals surface area contributed by atoms with Crippen molar-refractivity contribution in [2.24, 2.45) is 0 Å². The van der Waals surface area contributed by atoms with E-state index in [9.17, 15) is 4.79 Å². The average molecular weight is 365 g/mol. The summed E-state index contributed by atoms with van der Waals surface area (Å²) in [7, 11) is 1.75. The van der Waals surface area contributed by atoms with Gasteiger partial charge in [0, 0.05) is 39.7 Å².